The molecule has 18 heavy (non-hydrogen) atoms. The van der Waals surface area contributed by atoms with Crippen LogP contribution >= 0.6 is 15.9 Å². The maximum Gasteiger partial charge on any atom is 0.144 e. The molecule has 3 N–H and O–H groups in total. The van der Waals surface area contributed by atoms with Gasteiger partial charge in [0.25, 0.3) is 0 Å². The van der Waals surface area contributed by atoms with Crippen LogP contribution < -0.4 is 16.0 Å². The molecule has 4 nitrogen and oxygen atoms in total. The molecule has 94 valence electrons. The number of nitrogen functional groups attached to an aromatic ring is 1. The second-order valence-electron chi connectivity index (χ2n) is 4.14. The fourth-order valence-electron chi connectivity index (χ4n) is 1.64. The van der Waals surface area contributed by atoms with Gasteiger partial charge in [-0.05, 0) is 34.1 Å². The molecule has 1 heterocycles. The van der Waals surface area contributed by atoms with Gasteiger partial charge in [0.2, 0.25) is 0 Å². The van der Waals surface area contributed by atoms with E-state index in [2.05, 4.69) is 26.2 Å². The van der Waals surface area contributed by atoms with Gasteiger partial charge in [-0.2, -0.15) is 0 Å². The minimum absolute atomic E-state index is 0.633. The maximum absolute atomic E-state index is 5.67. The van der Waals surface area contributed by atoms with Gasteiger partial charge in [-0.25, -0.2) is 4.98 Å². The van der Waals surface area contributed by atoms with Gasteiger partial charge >= 0.3 is 0 Å². The lowest BCUT2D eigenvalue weighted by atomic mass is 10.2. The molecule has 0 aliphatic carbocycles. The Morgan fingerprint density at radius 1 is 1.28 bits per heavy atom. The summed E-state index contributed by atoms with van der Waals surface area (Å²) in [7, 11) is 4.01. The van der Waals surface area contributed by atoms with Crippen molar-refractivity contribution >= 4 is 38.8 Å². The van der Waals surface area contributed by atoms with Gasteiger partial charge in [0.05, 0.1) is 27.7 Å². The molecule has 0 atom stereocenters. The van der Waals surface area contributed by atoms with Crippen molar-refractivity contribution in [2.75, 3.05) is 30.0 Å². The molecule has 0 saturated heterocycles. The standard InChI is InChI=1S/C13H15BrN4/c1-18(2)12-6-4-3-5-11(12)17-13-10(14)7-9(15)8-16-13/h3-8H,15H2,1-2H3,(H,16,17). The first-order chi connectivity index (χ1) is 8.58. The van der Waals surface area contributed by atoms with Crippen LogP contribution in [0.25, 0.3) is 0 Å². The van der Waals surface area contributed by atoms with Crippen LogP contribution in [0.5, 0.6) is 0 Å². The van der Waals surface area contributed by atoms with E-state index < -0.39 is 0 Å². The lowest BCUT2D eigenvalue weighted by Gasteiger charge is -2.18. The van der Waals surface area contributed by atoms with E-state index in [4.69, 9.17) is 5.73 Å². The Bertz CT molecular complexity index is 554. The van der Waals surface area contributed by atoms with Gasteiger partial charge in [-0.3, -0.25) is 0 Å². The van der Waals surface area contributed by atoms with E-state index >= 15 is 0 Å². The zero-order chi connectivity index (χ0) is 13.1. The third-order valence-corrected chi connectivity index (χ3v) is 3.11. The molecule has 1 aromatic heterocycles. The number of nitrogens with one attached hydrogen (secondary N) is 1. The van der Waals surface area contributed by atoms with Crippen molar-refractivity contribution in [3.05, 3.63) is 41.0 Å². The molecule has 0 amide bonds. The van der Waals surface area contributed by atoms with Crippen molar-refractivity contribution in [3.63, 3.8) is 0 Å². The highest BCUT2D eigenvalue weighted by Gasteiger charge is 2.07. The molecule has 2 rings (SSSR count). The molecule has 0 aliphatic heterocycles. The molecule has 2 aromatic rings. The lowest BCUT2D eigenvalue weighted by molar-refractivity contribution is 1.13. The fraction of sp³-hybridized carbons (Fsp3) is 0.154. The van der Waals surface area contributed by atoms with Crippen LogP contribution in [0.1, 0.15) is 0 Å². The summed E-state index contributed by atoms with van der Waals surface area (Å²) in [6.07, 6.45) is 1.63. The van der Waals surface area contributed by atoms with E-state index in [9.17, 15) is 0 Å². The number of rotatable bonds is 3. The minimum atomic E-state index is 0.633. The molecule has 5 heteroatoms. The Kier molecular flexibility index (Phi) is 3.72. The molecule has 1 aromatic carbocycles. The second-order valence-corrected chi connectivity index (χ2v) is 4.99. The summed E-state index contributed by atoms with van der Waals surface area (Å²) >= 11 is 3.45. The highest BCUT2D eigenvalue weighted by Crippen LogP contribution is 2.30. The minimum Gasteiger partial charge on any atom is -0.397 e. The average Bonchev–Trinajstić information content (AvgIpc) is 2.33. The number of hydrogen-bond acceptors (Lipinski definition) is 4. The van der Waals surface area contributed by atoms with Gasteiger partial charge in [0.15, 0.2) is 0 Å². The highest BCUT2D eigenvalue weighted by molar-refractivity contribution is 9.10. The van der Waals surface area contributed by atoms with Crippen LogP contribution in [0.2, 0.25) is 0 Å². The molecule has 0 saturated carbocycles. The molecule has 0 spiro atoms. The summed E-state index contributed by atoms with van der Waals surface area (Å²) in [5.41, 5.74) is 8.40. The van der Waals surface area contributed by atoms with E-state index in [1.54, 1.807) is 6.20 Å². The van der Waals surface area contributed by atoms with Gasteiger partial charge < -0.3 is 16.0 Å². The van der Waals surface area contributed by atoms with Gasteiger partial charge in [0, 0.05) is 14.1 Å². The second kappa shape index (κ2) is 5.27. The van der Waals surface area contributed by atoms with Crippen LogP contribution in [0.4, 0.5) is 22.9 Å². The number of anilines is 4. The van der Waals surface area contributed by atoms with Crippen molar-refractivity contribution in [2.45, 2.75) is 0 Å². The van der Waals surface area contributed by atoms with E-state index in [1.165, 1.54) is 0 Å². The van der Waals surface area contributed by atoms with E-state index in [1.807, 2.05) is 49.3 Å². The topological polar surface area (TPSA) is 54.2 Å². The van der Waals surface area contributed by atoms with Crippen molar-refractivity contribution in [1.82, 2.24) is 4.98 Å². The van der Waals surface area contributed by atoms with Gasteiger partial charge in [-0.15, -0.1) is 0 Å². The predicted molar refractivity (Wildman–Crippen MR) is 80.4 cm³/mol. The van der Waals surface area contributed by atoms with Crippen molar-refractivity contribution in [2.24, 2.45) is 0 Å². The predicted octanol–water partition coefficient (Wildman–Crippen LogP) is 3.24. The van der Waals surface area contributed by atoms with Crippen molar-refractivity contribution < 1.29 is 0 Å². The van der Waals surface area contributed by atoms with Gasteiger partial charge in [-0.1, -0.05) is 12.1 Å². The number of benzene rings is 1. The monoisotopic (exact) mass is 306 g/mol. The summed E-state index contributed by atoms with van der Waals surface area (Å²) in [6, 6.07) is 9.88. The number of nitrogens with zero attached hydrogens (tertiary/aromatic N) is 2. The normalized spacial score (nSPS) is 10.2. The van der Waals surface area contributed by atoms with Crippen LogP contribution in [0.3, 0.4) is 0 Å². The molecule has 0 aliphatic rings. The van der Waals surface area contributed by atoms with E-state index in [-0.39, 0.29) is 0 Å². The van der Waals surface area contributed by atoms with Crippen LogP contribution in [-0.2, 0) is 0 Å². The van der Waals surface area contributed by atoms with Crippen LogP contribution in [0.15, 0.2) is 41.0 Å². The number of pyridine rings is 1. The number of nitrogens with two attached hydrogens (primary N) is 1. The molecule has 0 bridgehead atoms. The summed E-state index contributed by atoms with van der Waals surface area (Å²) < 4.78 is 0.844. The Morgan fingerprint density at radius 2 is 2.00 bits per heavy atom. The first-order valence-corrected chi connectivity index (χ1v) is 6.31. The molecular formula is C13H15BrN4. The van der Waals surface area contributed by atoms with E-state index in [0.29, 0.717) is 5.69 Å². The molecule has 0 fully saturated rings. The van der Waals surface area contributed by atoms with Gasteiger partial charge in [0.1, 0.15) is 5.82 Å². The lowest BCUT2D eigenvalue weighted by Crippen LogP contribution is -2.11. The average molecular weight is 307 g/mol. The fourth-order valence-corrected chi connectivity index (χ4v) is 2.11. The Hall–Kier alpha value is -1.75. The first-order valence-electron chi connectivity index (χ1n) is 5.52. The summed E-state index contributed by atoms with van der Waals surface area (Å²) in [4.78, 5) is 6.32. The summed E-state index contributed by atoms with van der Waals surface area (Å²) in [6.45, 7) is 0. The molecule has 0 radical (unpaired) electrons. The molecular weight excluding hydrogens is 292 g/mol. The number of hydrogen-bond donors (Lipinski definition) is 2. The van der Waals surface area contributed by atoms with Crippen LogP contribution in [-0.4, -0.2) is 19.1 Å². The largest absolute Gasteiger partial charge is 0.397 e. The summed E-state index contributed by atoms with van der Waals surface area (Å²) in [5.74, 6) is 0.749. The van der Waals surface area contributed by atoms with Crippen molar-refractivity contribution in [1.29, 1.82) is 0 Å². The first kappa shape index (κ1) is 12.7. The Balaban J connectivity index is 2.34. The van der Waals surface area contributed by atoms with E-state index in [0.717, 1.165) is 21.7 Å². The SMILES string of the molecule is CN(C)c1ccccc1Nc1ncc(N)cc1Br. The quantitative estimate of drug-likeness (QED) is 0.914. The zero-order valence-corrected chi connectivity index (χ0v) is 11.9. The third-order valence-electron chi connectivity index (χ3n) is 2.50. The number of para-hydroxylation sites is 2. The zero-order valence-electron chi connectivity index (χ0n) is 10.3. The number of aromatic nitrogens is 1. The summed E-state index contributed by atoms with van der Waals surface area (Å²) in [5, 5.41) is 3.29. The Labute approximate surface area is 115 Å². The van der Waals surface area contributed by atoms with Crippen molar-refractivity contribution in [3.8, 4) is 0 Å². The highest BCUT2D eigenvalue weighted by atomic mass is 79.9. The third kappa shape index (κ3) is 2.73. The Morgan fingerprint density at radius 3 is 2.67 bits per heavy atom. The maximum atomic E-state index is 5.67. The molecule has 0 unspecified atom stereocenters. The number of halogens is 1. The van der Waals surface area contributed by atoms with Crippen LogP contribution in [0, 0.1) is 0 Å². The smallest absolute Gasteiger partial charge is 0.144 e.